The molecule has 7 nitrogen and oxygen atoms in total. The summed E-state index contributed by atoms with van der Waals surface area (Å²) >= 11 is 1.64. The minimum atomic E-state index is -0.0667. The number of nitrogens with one attached hydrogen (secondary N) is 1. The Morgan fingerprint density at radius 2 is 1.93 bits per heavy atom. The van der Waals surface area contributed by atoms with Gasteiger partial charge < -0.3 is 10.1 Å². The summed E-state index contributed by atoms with van der Waals surface area (Å²) < 4.78 is 5.59. The second-order valence-corrected chi connectivity index (χ2v) is 7.77. The van der Waals surface area contributed by atoms with Crippen LogP contribution < -0.4 is 10.1 Å². The standard InChI is InChI=1S/C20H20N6OS/c1-11-5-6-16(26-25-11)13(3)24-19-15-7-14(20-21-9-12(2)28-20)8-17(27-4)18(15)22-10-23-19/h5-10,13H,1-4H3,(H,22,23,24)/t13-/m1/s1. The molecule has 28 heavy (non-hydrogen) atoms. The van der Waals surface area contributed by atoms with Gasteiger partial charge in [-0.2, -0.15) is 10.2 Å². The smallest absolute Gasteiger partial charge is 0.145 e. The highest BCUT2D eigenvalue weighted by molar-refractivity contribution is 7.14. The van der Waals surface area contributed by atoms with Gasteiger partial charge in [0.05, 0.1) is 24.5 Å². The lowest BCUT2D eigenvalue weighted by Gasteiger charge is -2.16. The van der Waals surface area contributed by atoms with Crippen LogP contribution in [0.4, 0.5) is 5.82 Å². The van der Waals surface area contributed by atoms with Crippen LogP contribution in [-0.4, -0.2) is 32.3 Å². The predicted molar refractivity (Wildman–Crippen MR) is 111 cm³/mol. The maximum absolute atomic E-state index is 5.59. The molecule has 0 saturated carbocycles. The molecule has 0 aliphatic carbocycles. The lowest BCUT2D eigenvalue weighted by Crippen LogP contribution is -2.11. The third kappa shape index (κ3) is 3.50. The van der Waals surface area contributed by atoms with Gasteiger partial charge in [-0.05, 0) is 45.0 Å². The van der Waals surface area contributed by atoms with E-state index in [1.807, 2.05) is 51.2 Å². The molecule has 3 heterocycles. The highest BCUT2D eigenvalue weighted by Crippen LogP contribution is 2.36. The Labute approximate surface area is 166 Å². The van der Waals surface area contributed by atoms with Crippen molar-refractivity contribution in [1.29, 1.82) is 0 Å². The molecule has 3 aromatic heterocycles. The van der Waals surface area contributed by atoms with Crippen LogP contribution in [-0.2, 0) is 0 Å². The number of hydrogen-bond donors (Lipinski definition) is 1. The fourth-order valence-electron chi connectivity index (χ4n) is 2.94. The molecule has 1 atom stereocenters. The van der Waals surface area contributed by atoms with Crippen LogP contribution >= 0.6 is 11.3 Å². The Hall–Kier alpha value is -3.13. The summed E-state index contributed by atoms with van der Waals surface area (Å²) in [6.07, 6.45) is 3.41. The number of aromatic nitrogens is 5. The van der Waals surface area contributed by atoms with Gasteiger partial charge in [0.2, 0.25) is 0 Å². The van der Waals surface area contributed by atoms with E-state index in [2.05, 4.69) is 30.5 Å². The van der Waals surface area contributed by atoms with E-state index in [-0.39, 0.29) is 6.04 Å². The molecule has 0 amide bonds. The van der Waals surface area contributed by atoms with Crippen molar-refractivity contribution in [2.45, 2.75) is 26.8 Å². The Balaban J connectivity index is 1.78. The summed E-state index contributed by atoms with van der Waals surface area (Å²) in [5.74, 6) is 1.40. The largest absolute Gasteiger partial charge is 0.494 e. The number of nitrogens with zero attached hydrogens (tertiary/aromatic N) is 5. The number of ether oxygens (including phenoxy) is 1. The summed E-state index contributed by atoms with van der Waals surface area (Å²) in [7, 11) is 1.64. The van der Waals surface area contributed by atoms with Gasteiger partial charge in [-0.15, -0.1) is 11.3 Å². The number of methoxy groups -OCH3 is 1. The minimum Gasteiger partial charge on any atom is -0.494 e. The van der Waals surface area contributed by atoms with E-state index in [1.165, 1.54) is 6.33 Å². The molecular weight excluding hydrogens is 372 g/mol. The second-order valence-electron chi connectivity index (χ2n) is 6.54. The molecule has 1 N–H and O–H groups in total. The highest BCUT2D eigenvalue weighted by atomic mass is 32.1. The second kappa shape index (κ2) is 7.47. The Morgan fingerprint density at radius 1 is 1.07 bits per heavy atom. The van der Waals surface area contributed by atoms with Crippen molar-refractivity contribution < 1.29 is 4.74 Å². The summed E-state index contributed by atoms with van der Waals surface area (Å²) in [5, 5.41) is 13.6. The van der Waals surface area contributed by atoms with Gasteiger partial charge >= 0.3 is 0 Å². The van der Waals surface area contributed by atoms with Crippen LogP contribution in [0.25, 0.3) is 21.5 Å². The topological polar surface area (TPSA) is 85.7 Å². The van der Waals surface area contributed by atoms with E-state index in [0.717, 1.165) is 37.7 Å². The molecule has 4 rings (SSSR count). The maximum atomic E-state index is 5.59. The van der Waals surface area contributed by atoms with E-state index < -0.39 is 0 Å². The number of thiazole rings is 1. The van der Waals surface area contributed by atoms with E-state index in [4.69, 9.17) is 4.74 Å². The van der Waals surface area contributed by atoms with E-state index >= 15 is 0 Å². The fraction of sp³-hybridized carbons (Fsp3) is 0.250. The van der Waals surface area contributed by atoms with E-state index in [1.54, 1.807) is 18.4 Å². The van der Waals surface area contributed by atoms with Crippen molar-refractivity contribution in [3.8, 4) is 16.3 Å². The molecule has 0 spiro atoms. The van der Waals surface area contributed by atoms with Crippen molar-refractivity contribution in [1.82, 2.24) is 25.1 Å². The molecule has 0 bridgehead atoms. The van der Waals surface area contributed by atoms with Crippen molar-refractivity contribution in [3.05, 3.63) is 53.1 Å². The SMILES string of the molecule is COc1cc(-c2ncc(C)s2)cc2c(N[C@H](C)c3ccc(C)nn3)ncnc12. The van der Waals surface area contributed by atoms with Gasteiger partial charge in [0.15, 0.2) is 0 Å². The van der Waals surface area contributed by atoms with Gasteiger partial charge in [0.1, 0.15) is 28.4 Å². The summed E-state index contributed by atoms with van der Waals surface area (Å²) in [5.41, 5.74) is 3.45. The summed E-state index contributed by atoms with van der Waals surface area (Å²) in [6, 6.07) is 7.86. The van der Waals surface area contributed by atoms with Crippen LogP contribution in [0.1, 0.15) is 29.2 Å². The number of fused-ring (bicyclic) bond motifs is 1. The lowest BCUT2D eigenvalue weighted by molar-refractivity contribution is 0.419. The molecule has 0 fully saturated rings. The van der Waals surface area contributed by atoms with Crippen molar-refractivity contribution in [2.24, 2.45) is 0 Å². The van der Waals surface area contributed by atoms with Crippen molar-refractivity contribution >= 4 is 28.1 Å². The number of hydrogen-bond acceptors (Lipinski definition) is 8. The average Bonchev–Trinajstić information content (AvgIpc) is 3.14. The first kappa shape index (κ1) is 18.2. The zero-order chi connectivity index (χ0) is 19.7. The normalized spacial score (nSPS) is 12.1. The van der Waals surface area contributed by atoms with Crippen LogP contribution in [0, 0.1) is 13.8 Å². The summed E-state index contributed by atoms with van der Waals surface area (Å²) in [4.78, 5) is 14.5. The zero-order valence-corrected chi connectivity index (χ0v) is 16.9. The molecule has 0 unspecified atom stereocenters. The van der Waals surface area contributed by atoms with Crippen LogP contribution in [0.3, 0.4) is 0 Å². The van der Waals surface area contributed by atoms with Gasteiger partial charge in [-0.3, -0.25) is 0 Å². The molecular formula is C20H20N6OS. The predicted octanol–water partition coefficient (Wildman–Crippen LogP) is 4.34. The number of rotatable bonds is 5. The van der Waals surface area contributed by atoms with Crippen molar-refractivity contribution in [3.63, 3.8) is 0 Å². The van der Waals surface area contributed by atoms with Gasteiger partial charge in [-0.25, -0.2) is 15.0 Å². The van der Waals surface area contributed by atoms with Crippen LogP contribution in [0.5, 0.6) is 5.75 Å². The summed E-state index contributed by atoms with van der Waals surface area (Å²) in [6.45, 7) is 5.99. The third-order valence-corrected chi connectivity index (χ3v) is 5.37. The van der Waals surface area contributed by atoms with E-state index in [9.17, 15) is 0 Å². The van der Waals surface area contributed by atoms with E-state index in [0.29, 0.717) is 11.6 Å². The first-order valence-electron chi connectivity index (χ1n) is 8.87. The van der Waals surface area contributed by atoms with Gasteiger partial charge in [-0.1, -0.05) is 0 Å². The maximum Gasteiger partial charge on any atom is 0.145 e. The average molecular weight is 392 g/mol. The van der Waals surface area contributed by atoms with Gasteiger partial charge in [0, 0.05) is 22.0 Å². The first-order chi connectivity index (χ1) is 13.5. The lowest BCUT2D eigenvalue weighted by atomic mass is 10.1. The van der Waals surface area contributed by atoms with Crippen LogP contribution in [0.2, 0.25) is 0 Å². The molecule has 1 aromatic carbocycles. The molecule has 4 aromatic rings. The molecule has 0 aliphatic rings. The number of anilines is 1. The number of benzene rings is 1. The molecule has 0 radical (unpaired) electrons. The molecule has 8 heteroatoms. The molecule has 142 valence electrons. The molecule has 0 saturated heterocycles. The van der Waals surface area contributed by atoms with Crippen LogP contribution in [0.15, 0.2) is 36.8 Å². The highest BCUT2D eigenvalue weighted by Gasteiger charge is 2.16. The quantitative estimate of drug-likeness (QED) is 0.540. The Kier molecular flexibility index (Phi) is 4.87. The third-order valence-electron chi connectivity index (χ3n) is 4.41. The monoisotopic (exact) mass is 392 g/mol. The first-order valence-corrected chi connectivity index (χ1v) is 9.69. The minimum absolute atomic E-state index is 0.0667. The zero-order valence-electron chi connectivity index (χ0n) is 16.1. The fourth-order valence-corrected chi connectivity index (χ4v) is 3.69. The number of aryl methyl sites for hydroxylation is 2. The molecule has 0 aliphatic heterocycles. The Morgan fingerprint density at radius 3 is 2.61 bits per heavy atom. The Bertz CT molecular complexity index is 1130. The van der Waals surface area contributed by atoms with Crippen molar-refractivity contribution in [2.75, 3.05) is 12.4 Å². The van der Waals surface area contributed by atoms with Gasteiger partial charge in [0.25, 0.3) is 0 Å².